The van der Waals surface area contributed by atoms with Crippen molar-refractivity contribution >= 4 is 0 Å². The van der Waals surface area contributed by atoms with Crippen molar-refractivity contribution in [3.05, 3.63) is 0 Å². The fourth-order valence-corrected chi connectivity index (χ4v) is 1.99. The van der Waals surface area contributed by atoms with Crippen LogP contribution in [0.15, 0.2) is 0 Å². The Morgan fingerprint density at radius 3 is 1.14 bits per heavy atom. The van der Waals surface area contributed by atoms with Crippen molar-refractivity contribution in [1.82, 2.24) is 10.6 Å². The van der Waals surface area contributed by atoms with Gasteiger partial charge in [-0.25, -0.2) is 0 Å². The first-order valence-electron chi connectivity index (χ1n) is 6.41. The molecular formula is C12H26N2. The van der Waals surface area contributed by atoms with Crippen molar-refractivity contribution in [2.24, 2.45) is 0 Å². The molecule has 2 N–H and O–H groups in total. The van der Waals surface area contributed by atoms with Gasteiger partial charge in [-0.3, -0.25) is 0 Å². The average Bonchev–Trinajstić information content (AvgIpc) is 2.22. The summed E-state index contributed by atoms with van der Waals surface area (Å²) in [5, 5.41) is 6.95. The molecule has 0 spiro atoms. The highest BCUT2D eigenvalue weighted by Crippen LogP contribution is 2.08. The second kappa shape index (κ2) is 9.47. The molecule has 0 radical (unpaired) electrons. The van der Waals surface area contributed by atoms with Crippen LogP contribution in [-0.4, -0.2) is 26.2 Å². The zero-order chi connectivity index (χ0) is 9.90. The quantitative estimate of drug-likeness (QED) is 0.624. The fourth-order valence-electron chi connectivity index (χ4n) is 1.99. The Hall–Kier alpha value is -0.0800. The maximum absolute atomic E-state index is 3.48. The zero-order valence-electron chi connectivity index (χ0n) is 9.49. The first kappa shape index (κ1) is 12.0. The van der Waals surface area contributed by atoms with Crippen LogP contribution in [0.25, 0.3) is 0 Å². The molecule has 1 aliphatic rings. The normalized spacial score (nSPS) is 24.0. The maximum atomic E-state index is 3.48. The number of nitrogens with one attached hydrogen (secondary N) is 2. The van der Waals surface area contributed by atoms with Crippen LogP contribution in [0.2, 0.25) is 0 Å². The summed E-state index contributed by atoms with van der Waals surface area (Å²) >= 11 is 0. The van der Waals surface area contributed by atoms with Gasteiger partial charge >= 0.3 is 0 Å². The van der Waals surface area contributed by atoms with Crippen LogP contribution in [0.4, 0.5) is 0 Å². The predicted octanol–water partition coefficient (Wildman–Crippen LogP) is 2.30. The lowest BCUT2D eigenvalue weighted by molar-refractivity contribution is 0.517. The van der Waals surface area contributed by atoms with Crippen LogP contribution in [0.1, 0.15) is 51.4 Å². The maximum Gasteiger partial charge on any atom is 0.00767 e. The van der Waals surface area contributed by atoms with Gasteiger partial charge in [-0.1, -0.05) is 38.5 Å². The Morgan fingerprint density at radius 1 is 0.357 bits per heavy atom. The molecule has 0 aromatic rings. The SMILES string of the molecule is C1CCCCCNCCNCCCC1. The topological polar surface area (TPSA) is 24.1 Å². The average molecular weight is 198 g/mol. The zero-order valence-corrected chi connectivity index (χ0v) is 9.49. The van der Waals surface area contributed by atoms with E-state index in [1.165, 1.54) is 64.5 Å². The molecule has 84 valence electrons. The van der Waals surface area contributed by atoms with Gasteiger partial charge in [0.05, 0.1) is 0 Å². The Morgan fingerprint density at radius 2 is 0.714 bits per heavy atom. The molecule has 0 unspecified atom stereocenters. The molecule has 1 heterocycles. The third-order valence-electron chi connectivity index (χ3n) is 2.94. The van der Waals surface area contributed by atoms with Crippen molar-refractivity contribution in [3.63, 3.8) is 0 Å². The van der Waals surface area contributed by atoms with E-state index in [2.05, 4.69) is 10.6 Å². The third kappa shape index (κ3) is 7.34. The Kier molecular flexibility index (Phi) is 8.12. The Labute approximate surface area is 88.8 Å². The summed E-state index contributed by atoms with van der Waals surface area (Å²) in [5.41, 5.74) is 0. The third-order valence-corrected chi connectivity index (χ3v) is 2.94. The highest BCUT2D eigenvalue weighted by molar-refractivity contribution is 4.55. The van der Waals surface area contributed by atoms with E-state index in [1.807, 2.05) is 0 Å². The van der Waals surface area contributed by atoms with E-state index >= 15 is 0 Å². The van der Waals surface area contributed by atoms with Crippen LogP contribution in [0, 0.1) is 0 Å². The molecule has 2 nitrogen and oxygen atoms in total. The van der Waals surface area contributed by atoms with E-state index in [0.717, 1.165) is 13.1 Å². The first-order valence-corrected chi connectivity index (χ1v) is 6.41. The molecule has 0 atom stereocenters. The summed E-state index contributed by atoms with van der Waals surface area (Å²) in [5.74, 6) is 0. The molecule has 0 bridgehead atoms. The number of hydrogen-bond acceptors (Lipinski definition) is 2. The summed E-state index contributed by atoms with van der Waals surface area (Å²) in [7, 11) is 0. The van der Waals surface area contributed by atoms with Crippen LogP contribution >= 0.6 is 0 Å². The fraction of sp³-hybridized carbons (Fsp3) is 1.00. The Bertz CT molecular complexity index is 61.6. The van der Waals surface area contributed by atoms with Crippen LogP contribution in [-0.2, 0) is 0 Å². The van der Waals surface area contributed by atoms with Crippen molar-refractivity contribution in [3.8, 4) is 0 Å². The van der Waals surface area contributed by atoms with E-state index in [-0.39, 0.29) is 0 Å². The van der Waals surface area contributed by atoms with E-state index in [0.29, 0.717) is 0 Å². The summed E-state index contributed by atoms with van der Waals surface area (Å²) in [6.07, 6.45) is 11.3. The predicted molar refractivity (Wildman–Crippen MR) is 62.7 cm³/mol. The minimum Gasteiger partial charge on any atom is -0.315 e. The molecule has 0 aromatic carbocycles. The minimum absolute atomic E-state index is 1.14. The van der Waals surface area contributed by atoms with Gasteiger partial charge in [0.2, 0.25) is 0 Å². The molecule has 0 aliphatic carbocycles. The van der Waals surface area contributed by atoms with E-state index in [4.69, 9.17) is 0 Å². The van der Waals surface area contributed by atoms with Gasteiger partial charge in [-0.2, -0.15) is 0 Å². The lowest BCUT2D eigenvalue weighted by Gasteiger charge is -2.08. The van der Waals surface area contributed by atoms with E-state index in [9.17, 15) is 0 Å². The molecule has 2 heteroatoms. The summed E-state index contributed by atoms with van der Waals surface area (Å²) in [6, 6.07) is 0. The molecule has 1 fully saturated rings. The van der Waals surface area contributed by atoms with Crippen molar-refractivity contribution in [1.29, 1.82) is 0 Å². The van der Waals surface area contributed by atoms with Crippen molar-refractivity contribution in [2.45, 2.75) is 51.4 Å². The van der Waals surface area contributed by atoms with Gasteiger partial charge < -0.3 is 10.6 Å². The molecule has 0 saturated carbocycles. The van der Waals surface area contributed by atoms with Crippen LogP contribution < -0.4 is 10.6 Å². The monoisotopic (exact) mass is 198 g/mol. The molecule has 1 aliphatic heterocycles. The smallest absolute Gasteiger partial charge is 0.00767 e. The van der Waals surface area contributed by atoms with Gasteiger partial charge in [0, 0.05) is 13.1 Å². The van der Waals surface area contributed by atoms with Crippen molar-refractivity contribution < 1.29 is 0 Å². The Balaban J connectivity index is 2.00. The standard InChI is InChI=1S/C12H26N2/c1-2-4-6-8-10-14-12-11-13-9-7-5-3-1/h13-14H,1-12H2. The minimum atomic E-state index is 1.14. The summed E-state index contributed by atoms with van der Waals surface area (Å²) < 4.78 is 0. The number of rotatable bonds is 0. The molecule has 0 aromatic heterocycles. The van der Waals surface area contributed by atoms with Gasteiger partial charge in [0.25, 0.3) is 0 Å². The molecule has 1 saturated heterocycles. The highest BCUT2D eigenvalue weighted by atomic mass is 14.9. The molecule has 0 amide bonds. The van der Waals surface area contributed by atoms with E-state index < -0.39 is 0 Å². The largest absolute Gasteiger partial charge is 0.315 e. The van der Waals surface area contributed by atoms with Gasteiger partial charge in [-0.05, 0) is 25.9 Å². The van der Waals surface area contributed by atoms with Gasteiger partial charge in [0.15, 0.2) is 0 Å². The second-order valence-corrected chi connectivity index (χ2v) is 4.33. The van der Waals surface area contributed by atoms with Crippen molar-refractivity contribution in [2.75, 3.05) is 26.2 Å². The van der Waals surface area contributed by atoms with E-state index in [1.54, 1.807) is 0 Å². The lowest BCUT2D eigenvalue weighted by atomic mass is 10.1. The second-order valence-electron chi connectivity index (χ2n) is 4.33. The van der Waals surface area contributed by atoms with Gasteiger partial charge in [-0.15, -0.1) is 0 Å². The molecule has 14 heavy (non-hydrogen) atoms. The molecular weight excluding hydrogens is 172 g/mol. The highest BCUT2D eigenvalue weighted by Gasteiger charge is 1.94. The van der Waals surface area contributed by atoms with Crippen LogP contribution in [0.5, 0.6) is 0 Å². The summed E-state index contributed by atoms with van der Waals surface area (Å²) in [4.78, 5) is 0. The summed E-state index contributed by atoms with van der Waals surface area (Å²) in [6.45, 7) is 4.70. The lowest BCUT2D eigenvalue weighted by Crippen LogP contribution is -2.28. The first-order chi connectivity index (χ1) is 7.00. The number of hydrogen-bond donors (Lipinski definition) is 2. The molecule has 1 rings (SSSR count). The van der Waals surface area contributed by atoms with Gasteiger partial charge in [0.1, 0.15) is 0 Å². The van der Waals surface area contributed by atoms with Crippen LogP contribution in [0.3, 0.4) is 0 Å².